The van der Waals surface area contributed by atoms with E-state index in [9.17, 15) is 5.21 Å². The van der Waals surface area contributed by atoms with Crippen LogP contribution in [0, 0.1) is 5.21 Å². The number of nitrogens with one attached hydrogen (secondary N) is 3. The molecule has 4 rings (SSSR count). The molecule has 124 valence electrons. The van der Waals surface area contributed by atoms with Crippen LogP contribution < -0.4 is 15.9 Å². The van der Waals surface area contributed by atoms with Gasteiger partial charge in [-0.2, -0.15) is 5.43 Å². The summed E-state index contributed by atoms with van der Waals surface area (Å²) in [6.07, 6.45) is 3.73. The number of anilines is 1. The third-order valence-corrected chi connectivity index (χ3v) is 4.90. The molecule has 7 nitrogen and oxygen atoms in total. The topological polar surface area (TPSA) is 76.4 Å². The van der Waals surface area contributed by atoms with Crippen LogP contribution in [0.2, 0.25) is 0 Å². The first-order chi connectivity index (χ1) is 11.2. The van der Waals surface area contributed by atoms with Gasteiger partial charge in [-0.1, -0.05) is 0 Å². The van der Waals surface area contributed by atoms with Gasteiger partial charge in [-0.25, -0.2) is 10.2 Å². The summed E-state index contributed by atoms with van der Waals surface area (Å²) in [5, 5.41) is 15.5. The van der Waals surface area contributed by atoms with Crippen LogP contribution in [0.5, 0.6) is 0 Å². The number of guanidine groups is 1. The first-order valence-corrected chi connectivity index (χ1v) is 8.26. The van der Waals surface area contributed by atoms with E-state index >= 15 is 0 Å². The van der Waals surface area contributed by atoms with Crippen molar-refractivity contribution in [2.75, 3.05) is 38.6 Å². The highest BCUT2D eigenvalue weighted by Crippen LogP contribution is 2.30. The number of aryl methyl sites for hydroxylation is 2. The molecule has 3 N–H and O–H groups in total. The molecule has 0 saturated carbocycles. The second kappa shape index (κ2) is 6.09. The predicted molar refractivity (Wildman–Crippen MR) is 88.8 cm³/mol. The summed E-state index contributed by atoms with van der Waals surface area (Å²) in [6, 6.07) is 4.15. The zero-order valence-electron chi connectivity index (χ0n) is 13.4. The Morgan fingerprint density at radius 1 is 1.35 bits per heavy atom. The van der Waals surface area contributed by atoms with Crippen LogP contribution in [0.1, 0.15) is 17.5 Å². The van der Waals surface area contributed by atoms with E-state index in [-0.39, 0.29) is 5.17 Å². The standard InChI is InChI=1S/C16H23N5O2/c1-23-13-9-20(10-13)6-5-17-16-18-14-7-11-3-2-4-12(11)8-15(14)21(22)19-16/h7-8,13,21H,2-6,9-10H2,1H3,(H2,17,18,19). The van der Waals surface area contributed by atoms with Gasteiger partial charge >= 0.3 is 0 Å². The molecule has 2 aliphatic heterocycles. The number of rotatable bonds is 4. The van der Waals surface area contributed by atoms with Crippen molar-refractivity contribution < 1.29 is 9.91 Å². The third-order valence-electron chi connectivity index (χ3n) is 4.90. The van der Waals surface area contributed by atoms with Crippen LogP contribution in [0.25, 0.3) is 0 Å². The van der Waals surface area contributed by atoms with E-state index in [0.717, 1.165) is 43.9 Å². The quantitative estimate of drug-likeness (QED) is 0.671. The normalized spacial score (nSPS) is 25.5. The van der Waals surface area contributed by atoms with Crippen LogP contribution >= 0.6 is 0 Å². The number of fused-ring (bicyclic) bond motifs is 2. The van der Waals surface area contributed by atoms with E-state index < -0.39 is 0 Å². The lowest BCUT2D eigenvalue weighted by molar-refractivity contribution is -0.816. The number of methoxy groups -OCH3 is 1. The van der Waals surface area contributed by atoms with Crippen molar-refractivity contribution in [1.82, 2.24) is 10.3 Å². The fraction of sp³-hybridized carbons (Fsp3) is 0.562. The van der Waals surface area contributed by atoms with Gasteiger partial charge in [0.1, 0.15) is 5.69 Å². The summed E-state index contributed by atoms with van der Waals surface area (Å²) in [7, 11) is 1.75. The SMILES string of the molecule is COC1CN(CCN=C2Nc3cc4c(cc3[NH+]([O-])N2)CCC4)C1. The predicted octanol–water partition coefficient (Wildman–Crippen LogP) is -0.194. The Labute approximate surface area is 135 Å². The van der Waals surface area contributed by atoms with E-state index in [4.69, 9.17) is 4.74 Å². The van der Waals surface area contributed by atoms with Crippen LogP contribution in [0.3, 0.4) is 0 Å². The van der Waals surface area contributed by atoms with Gasteiger partial charge in [0.2, 0.25) is 5.96 Å². The molecule has 3 aliphatic rings. The van der Waals surface area contributed by atoms with Crippen molar-refractivity contribution >= 4 is 17.3 Å². The minimum atomic E-state index is -0.0596. The molecule has 0 amide bonds. The van der Waals surface area contributed by atoms with E-state index in [1.54, 1.807) is 7.11 Å². The number of nitrogens with zero attached hydrogens (tertiary/aromatic N) is 2. The molecule has 1 aromatic carbocycles. The Kier molecular flexibility index (Phi) is 3.94. The average molecular weight is 317 g/mol. The van der Waals surface area contributed by atoms with E-state index in [0.29, 0.717) is 18.6 Å². The second-order valence-electron chi connectivity index (χ2n) is 6.45. The van der Waals surface area contributed by atoms with Gasteiger partial charge in [0.25, 0.3) is 0 Å². The van der Waals surface area contributed by atoms with Gasteiger partial charge in [0, 0.05) is 32.8 Å². The van der Waals surface area contributed by atoms with Gasteiger partial charge in [0.05, 0.1) is 12.6 Å². The summed E-state index contributed by atoms with van der Waals surface area (Å²) < 4.78 is 5.26. The van der Waals surface area contributed by atoms with Crippen molar-refractivity contribution in [1.29, 1.82) is 0 Å². The maximum atomic E-state index is 12.3. The zero-order chi connectivity index (χ0) is 15.8. The number of likely N-dealkylation sites (tertiary alicyclic amines) is 1. The molecule has 1 unspecified atom stereocenters. The Morgan fingerprint density at radius 3 is 2.91 bits per heavy atom. The number of benzene rings is 1. The Hall–Kier alpha value is -1.67. The fourth-order valence-electron chi connectivity index (χ4n) is 3.49. The van der Waals surface area contributed by atoms with E-state index in [1.165, 1.54) is 17.5 Å². The molecule has 2 heterocycles. The lowest BCUT2D eigenvalue weighted by Crippen LogP contribution is -3.11. The monoisotopic (exact) mass is 317 g/mol. The molecule has 1 fully saturated rings. The number of quaternary nitrogens is 1. The summed E-state index contributed by atoms with van der Waals surface area (Å²) in [6.45, 7) is 3.49. The second-order valence-corrected chi connectivity index (χ2v) is 6.45. The van der Waals surface area contributed by atoms with Crippen molar-refractivity contribution in [2.45, 2.75) is 25.4 Å². The van der Waals surface area contributed by atoms with Gasteiger partial charge in [-0.15, -0.1) is 0 Å². The molecule has 1 atom stereocenters. The van der Waals surface area contributed by atoms with Crippen LogP contribution in [-0.4, -0.2) is 50.3 Å². The van der Waals surface area contributed by atoms with Crippen molar-refractivity contribution in [3.63, 3.8) is 0 Å². The van der Waals surface area contributed by atoms with Crippen LogP contribution in [0.15, 0.2) is 17.1 Å². The van der Waals surface area contributed by atoms with Crippen molar-refractivity contribution in [3.05, 3.63) is 28.5 Å². The minimum absolute atomic E-state index is 0.0596. The summed E-state index contributed by atoms with van der Waals surface area (Å²) in [5.41, 5.74) is 7.14. The third kappa shape index (κ3) is 2.92. The smallest absolute Gasteiger partial charge is 0.243 e. The van der Waals surface area contributed by atoms with Gasteiger partial charge in [0.15, 0.2) is 5.69 Å². The molecule has 1 aliphatic carbocycles. The Balaban J connectivity index is 1.39. The average Bonchev–Trinajstić information content (AvgIpc) is 2.95. The lowest BCUT2D eigenvalue weighted by atomic mass is 10.1. The highest BCUT2D eigenvalue weighted by molar-refractivity contribution is 5.96. The molecule has 0 radical (unpaired) electrons. The van der Waals surface area contributed by atoms with Crippen molar-refractivity contribution in [2.24, 2.45) is 4.99 Å². The van der Waals surface area contributed by atoms with Crippen molar-refractivity contribution in [3.8, 4) is 0 Å². The highest BCUT2D eigenvalue weighted by atomic mass is 16.5. The largest absolute Gasteiger partial charge is 0.603 e. The zero-order valence-corrected chi connectivity index (χ0v) is 13.4. The lowest BCUT2D eigenvalue weighted by Gasteiger charge is -2.37. The summed E-state index contributed by atoms with van der Waals surface area (Å²) in [5.74, 6) is 0.560. The first kappa shape index (κ1) is 14.9. The van der Waals surface area contributed by atoms with Gasteiger partial charge in [-0.05, 0) is 36.5 Å². The molecular weight excluding hydrogens is 294 g/mol. The highest BCUT2D eigenvalue weighted by Gasteiger charge is 2.26. The Morgan fingerprint density at radius 2 is 2.13 bits per heavy atom. The number of ether oxygens (including phenoxy) is 1. The maximum Gasteiger partial charge on any atom is 0.243 e. The minimum Gasteiger partial charge on any atom is -0.603 e. The number of hydrogen-bond acceptors (Lipinski definition) is 4. The first-order valence-electron chi connectivity index (χ1n) is 8.26. The van der Waals surface area contributed by atoms with Gasteiger partial charge in [-0.3, -0.25) is 4.90 Å². The molecule has 0 bridgehead atoms. The summed E-state index contributed by atoms with van der Waals surface area (Å²) in [4.78, 5) is 6.79. The molecule has 0 spiro atoms. The number of hydrogen-bond donors (Lipinski definition) is 3. The molecule has 7 heteroatoms. The molecule has 1 aromatic rings. The molecule has 23 heavy (non-hydrogen) atoms. The van der Waals surface area contributed by atoms with Gasteiger partial charge < -0.3 is 15.3 Å². The molecule has 1 saturated heterocycles. The van der Waals surface area contributed by atoms with E-state index in [2.05, 4.69) is 26.7 Å². The molecule has 0 aromatic heterocycles. The van der Waals surface area contributed by atoms with Crippen LogP contribution in [0.4, 0.5) is 11.4 Å². The Bertz CT molecular complexity index is 627. The summed E-state index contributed by atoms with van der Waals surface area (Å²) >= 11 is 0. The maximum absolute atomic E-state index is 12.3. The van der Waals surface area contributed by atoms with Crippen LogP contribution in [-0.2, 0) is 17.6 Å². The fourth-order valence-corrected chi connectivity index (χ4v) is 3.49. The molecular formula is C16H23N5O2. The van der Waals surface area contributed by atoms with E-state index in [1.807, 2.05) is 6.07 Å². The number of aliphatic imine (C=N–C) groups is 1.